The number of carbonyl (C=O) groups excluding carboxylic acids is 2. The Kier molecular flexibility index (Phi) is 8.46. The van der Waals surface area contributed by atoms with Gasteiger partial charge in [-0.15, -0.1) is 11.8 Å². The van der Waals surface area contributed by atoms with Crippen LogP contribution in [0.3, 0.4) is 0 Å². The van der Waals surface area contributed by atoms with E-state index in [-0.39, 0.29) is 18.1 Å². The zero-order chi connectivity index (χ0) is 19.6. The van der Waals surface area contributed by atoms with Gasteiger partial charge in [0.15, 0.2) is 6.61 Å². The fraction of sp³-hybridized carbons (Fsp3) is 0.211. The summed E-state index contributed by atoms with van der Waals surface area (Å²) >= 11 is 13.3. The van der Waals surface area contributed by atoms with Crippen molar-refractivity contribution in [1.29, 1.82) is 5.26 Å². The first kappa shape index (κ1) is 21.1. The Morgan fingerprint density at radius 1 is 1.15 bits per heavy atom. The molecule has 0 bridgehead atoms. The highest BCUT2D eigenvalue weighted by molar-refractivity contribution is 7.99. The molecule has 0 unspecified atom stereocenters. The van der Waals surface area contributed by atoms with Crippen LogP contribution in [0.1, 0.15) is 18.4 Å². The number of halogens is 2. The predicted octanol–water partition coefficient (Wildman–Crippen LogP) is 4.92. The number of hydrogen-bond acceptors (Lipinski definition) is 5. The fourth-order valence-electron chi connectivity index (χ4n) is 2.04. The second kappa shape index (κ2) is 10.8. The smallest absolute Gasteiger partial charge is 0.306 e. The van der Waals surface area contributed by atoms with Gasteiger partial charge in [0.1, 0.15) is 6.07 Å². The molecule has 0 spiro atoms. The quantitative estimate of drug-likeness (QED) is 0.371. The zero-order valence-corrected chi connectivity index (χ0v) is 16.5. The van der Waals surface area contributed by atoms with Crippen LogP contribution in [0.15, 0.2) is 47.4 Å². The minimum atomic E-state index is -0.473. The molecule has 0 saturated heterocycles. The molecule has 5 nitrogen and oxygen atoms in total. The summed E-state index contributed by atoms with van der Waals surface area (Å²) in [7, 11) is 0. The molecule has 0 aliphatic rings. The van der Waals surface area contributed by atoms with Crippen LogP contribution in [0.2, 0.25) is 10.0 Å². The van der Waals surface area contributed by atoms with Gasteiger partial charge in [-0.1, -0.05) is 23.2 Å². The number of hydrogen-bond donors (Lipinski definition) is 1. The van der Waals surface area contributed by atoms with Crippen LogP contribution in [0.4, 0.5) is 5.69 Å². The van der Waals surface area contributed by atoms with Gasteiger partial charge in [-0.3, -0.25) is 9.59 Å². The highest BCUT2D eigenvalue weighted by Gasteiger charge is 2.09. The number of anilines is 1. The molecule has 2 rings (SSSR count). The van der Waals surface area contributed by atoms with Crippen LogP contribution in [-0.4, -0.2) is 24.2 Å². The van der Waals surface area contributed by atoms with E-state index in [1.165, 1.54) is 12.1 Å². The minimum absolute atomic E-state index is 0.233. The highest BCUT2D eigenvalue weighted by Crippen LogP contribution is 2.22. The van der Waals surface area contributed by atoms with Crippen molar-refractivity contribution in [1.82, 2.24) is 0 Å². The van der Waals surface area contributed by atoms with Crippen molar-refractivity contribution < 1.29 is 14.3 Å². The third kappa shape index (κ3) is 7.51. The number of nitrogens with zero attached hydrogens (tertiary/aromatic N) is 1. The van der Waals surface area contributed by atoms with Crippen LogP contribution in [0, 0.1) is 11.3 Å². The topological polar surface area (TPSA) is 79.2 Å². The summed E-state index contributed by atoms with van der Waals surface area (Å²) < 4.78 is 4.96. The van der Waals surface area contributed by atoms with E-state index in [1.807, 2.05) is 30.3 Å². The lowest BCUT2D eigenvalue weighted by molar-refractivity contribution is -0.147. The van der Waals surface area contributed by atoms with Crippen molar-refractivity contribution in [3.63, 3.8) is 0 Å². The lowest BCUT2D eigenvalue weighted by atomic mass is 10.2. The first-order valence-electron chi connectivity index (χ1n) is 8.01. The number of esters is 1. The van der Waals surface area contributed by atoms with Crippen molar-refractivity contribution >= 4 is 52.5 Å². The Balaban J connectivity index is 1.64. The number of nitriles is 1. The summed E-state index contributed by atoms with van der Waals surface area (Å²) in [5.41, 5.74) is 0.747. The van der Waals surface area contributed by atoms with Crippen molar-refractivity contribution in [2.24, 2.45) is 0 Å². The summed E-state index contributed by atoms with van der Waals surface area (Å²) in [5.74, 6) is -0.147. The second-order valence-electron chi connectivity index (χ2n) is 5.42. The molecular weight excluding hydrogens is 407 g/mol. The van der Waals surface area contributed by atoms with Gasteiger partial charge in [0.05, 0.1) is 10.6 Å². The van der Waals surface area contributed by atoms with Gasteiger partial charge >= 0.3 is 5.97 Å². The van der Waals surface area contributed by atoms with Crippen LogP contribution >= 0.6 is 35.0 Å². The van der Waals surface area contributed by atoms with Crippen LogP contribution in [0.5, 0.6) is 0 Å². The first-order chi connectivity index (χ1) is 13.0. The number of rotatable bonds is 8. The Hall–Kier alpha value is -2.20. The Labute approximate surface area is 171 Å². The number of carbonyl (C=O) groups is 2. The average Bonchev–Trinajstić information content (AvgIpc) is 2.65. The molecule has 8 heteroatoms. The molecule has 0 atom stereocenters. The molecular formula is C19H16Cl2N2O3S. The molecule has 1 N–H and O–H groups in total. The van der Waals surface area contributed by atoms with Crippen molar-refractivity contribution in [2.45, 2.75) is 17.7 Å². The molecule has 0 aliphatic carbocycles. The van der Waals surface area contributed by atoms with Crippen LogP contribution in [-0.2, 0) is 14.3 Å². The second-order valence-corrected chi connectivity index (χ2v) is 7.43. The minimum Gasteiger partial charge on any atom is -0.456 e. The van der Waals surface area contributed by atoms with E-state index in [0.717, 1.165) is 10.6 Å². The lowest BCUT2D eigenvalue weighted by Gasteiger charge is -2.07. The third-order valence-electron chi connectivity index (χ3n) is 3.35. The molecule has 0 aliphatic heterocycles. The maximum Gasteiger partial charge on any atom is 0.306 e. The average molecular weight is 423 g/mol. The van der Waals surface area contributed by atoms with Crippen LogP contribution in [0.25, 0.3) is 0 Å². The summed E-state index contributed by atoms with van der Waals surface area (Å²) in [6.07, 6.45) is 0.871. The van der Waals surface area contributed by atoms with Gasteiger partial charge in [-0.2, -0.15) is 5.26 Å². The lowest BCUT2D eigenvalue weighted by Crippen LogP contribution is -2.20. The summed E-state index contributed by atoms with van der Waals surface area (Å²) in [5, 5.41) is 12.3. The van der Waals surface area contributed by atoms with E-state index < -0.39 is 11.9 Å². The monoisotopic (exact) mass is 422 g/mol. The van der Waals surface area contributed by atoms with E-state index in [2.05, 4.69) is 5.32 Å². The predicted molar refractivity (Wildman–Crippen MR) is 107 cm³/mol. The van der Waals surface area contributed by atoms with Crippen molar-refractivity contribution in [3.05, 3.63) is 58.1 Å². The number of thioether (sulfide) groups is 1. The summed E-state index contributed by atoms with van der Waals surface area (Å²) in [4.78, 5) is 24.6. The SMILES string of the molecule is N#Cc1ccc(NC(=O)COC(=O)CCCSc2ccc(Cl)cc2)cc1Cl. The molecule has 0 saturated carbocycles. The maximum atomic E-state index is 11.8. The summed E-state index contributed by atoms with van der Waals surface area (Å²) in [6.45, 7) is -0.374. The van der Waals surface area contributed by atoms with E-state index >= 15 is 0 Å². The van der Waals surface area contributed by atoms with E-state index in [0.29, 0.717) is 22.7 Å². The number of ether oxygens (including phenoxy) is 1. The molecule has 0 radical (unpaired) electrons. The van der Waals surface area contributed by atoms with Crippen molar-refractivity contribution in [2.75, 3.05) is 17.7 Å². The van der Waals surface area contributed by atoms with Gasteiger partial charge in [0.2, 0.25) is 0 Å². The van der Waals surface area contributed by atoms with Gasteiger partial charge in [0.25, 0.3) is 5.91 Å². The third-order valence-corrected chi connectivity index (χ3v) is 5.01. The Morgan fingerprint density at radius 2 is 1.89 bits per heavy atom. The maximum absolute atomic E-state index is 11.8. The summed E-state index contributed by atoms with van der Waals surface area (Å²) in [6, 6.07) is 13.9. The molecule has 2 aromatic rings. The molecule has 27 heavy (non-hydrogen) atoms. The van der Waals surface area contributed by atoms with Crippen molar-refractivity contribution in [3.8, 4) is 6.07 Å². The molecule has 0 aromatic heterocycles. The Morgan fingerprint density at radius 3 is 2.56 bits per heavy atom. The Bertz CT molecular complexity index is 851. The molecule has 0 fully saturated rings. The van der Waals surface area contributed by atoms with Gasteiger partial charge in [-0.25, -0.2) is 0 Å². The van der Waals surface area contributed by atoms with E-state index in [4.69, 9.17) is 33.2 Å². The molecule has 0 heterocycles. The molecule has 1 amide bonds. The molecule has 2 aromatic carbocycles. The van der Waals surface area contributed by atoms with Crippen LogP contribution < -0.4 is 5.32 Å². The standard InChI is InChI=1S/C19H16Cl2N2O3S/c20-14-4-7-16(8-5-14)27-9-1-2-19(25)26-12-18(24)23-15-6-3-13(11-22)17(21)10-15/h3-8,10H,1-2,9,12H2,(H,23,24). The fourth-order valence-corrected chi connectivity index (χ4v) is 3.24. The van der Waals surface area contributed by atoms with Gasteiger partial charge in [-0.05, 0) is 54.6 Å². The highest BCUT2D eigenvalue weighted by atomic mass is 35.5. The number of amides is 1. The largest absolute Gasteiger partial charge is 0.456 e. The normalized spacial score (nSPS) is 10.1. The number of benzene rings is 2. The van der Waals surface area contributed by atoms with Gasteiger partial charge < -0.3 is 10.1 Å². The zero-order valence-electron chi connectivity index (χ0n) is 14.2. The van der Waals surface area contributed by atoms with E-state index in [1.54, 1.807) is 17.8 Å². The number of nitrogens with one attached hydrogen (secondary N) is 1. The first-order valence-corrected chi connectivity index (χ1v) is 9.75. The van der Waals surface area contributed by atoms with Gasteiger partial charge in [0, 0.05) is 22.0 Å². The van der Waals surface area contributed by atoms with E-state index in [9.17, 15) is 9.59 Å². The molecule has 140 valence electrons.